The fourth-order valence-electron chi connectivity index (χ4n) is 0.717. The number of nitrogens with two attached hydrogens (primary N) is 1. The molecule has 0 atom stereocenters. The first kappa shape index (κ1) is 8.58. The van der Waals surface area contributed by atoms with Gasteiger partial charge in [-0.1, -0.05) is 0 Å². The van der Waals surface area contributed by atoms with E-state index in [1.807, 2.05) is 0 Å². The first-order chi connectivity index (χ1) is 5.65. The molecule has 0 spiro atoms. The third-order valence-corrected chi connectivity index (χ3v) is 1.25. The Morgan fingerprint density at radius 1 is 1.08 bits per heavy atom. The summed E-state index contributed by atoms with van der Waals surface area (Å²) in [6.07, 6.45) is 0.901. The molecule has 0 heterocycles. The lowest BCUT2D eigenvalue weighted by atomic mass is 10.2. The highest BCUT2D eigenvalue weighted by molar-refractivity contribution is 5.79. The Balaban J connectivity index is 3.23. The van der Waals surface area contributed by atoms with Crippen molar-refractivity contribution in [1.82, 2.24) is 0 Å². The molecule has 2 nitrogen and oxygen atoms in total. The van der Waals surface area contributed by atoms with Crippen molar-refractivity contribution in [1.29, 1.82) is 0 Å². The Hall–Kier alpha value is -1.52. The molecule has 1 aromatic carbocycles. The Morgan fingerprint density at radius 2 is 1.67 bits per heavy atom. The van der Waals surface area contributed by atoms with Crippen molar-refractivity contribution in [3.05, 3.63) is 35.1 Å². The Bertz CT molecular complexity index is 323. The average Bonchev–Trinajstić information content (AvgIpc) is 2.01. The summed E-state index contributed by atoms with van der Waals surface area (Å²) in [7, 11) is 0. The van der Waals surface area contributed by atoms with Crippen molar-refractivity contribution in [2.45, 2.75) is 0 Å². The third kappa shape index (κ3) is 1.55. The van der Waals surface area contributed by atoms with Crippen LogP contribution in [0.25, 0.3) is 0 Å². The molecule has 0 saturated carbocycles. The second-order valence-electron chi connectivity index (χ2n) is 2.07. The Morgan fingerprint density at radius 3 is 2.25 bits per heavy atom. The summed E-state index contributed by atoms with van der Waals surface area (Å²) in [5.74, 6) is 1.44. The number of hydrogen-bond donors (Lipinski definition) is 1. The summed E-state index contributed by atoms with van der Waals surface area (Å²) in [6.45, 7) is 0. The molecule has 0 unspecified atom stereocenters. The number of halogens is 3. The number of hydrazone groups is 1. The van der Waals surface area contributed by atoms with Gasteiger partial charge in [-0.25, -0.2) is 13.2 Å². The normalized spacial score (nSPS) is 10.9. The van der Waals surface area contributed by atoms with Crippen molar-refractivity contribution >= 4 is 6.21 Å². The van der Waals surface area contributed by atoms with Gasteiger partial charge in [0.2, 0.25) is 0 Å². The van der Waals surface area contributed by atoms with Gasteiger partial charge in [0.1, 0.15) is 5.82 Å². The molecule has 12 heavy (non-hydrogen) atoms. The molecular weight excluding hydrogens is 169 g/mol. The highest BCUT2D eigenvalue weighted by atomic mass is 19.2. The van der Waals surface area contributed by atoms with Crippen molar-refractivity contribution in [2.75, 3.05) is 0 Å². The van der Waals surface area contributed by atoms with Gasteiger partial charge < -0.3 is 5.84 Å². The second kappa shape index (κ2) is 3.25. The van der Waals surface area contributed by atoms with Gasteiger partial charge in [-0.3, -0.25) is 0 Å². The SMILES string of the molecule is N/N=C/c1cc(F)c(F)cc1F. The molecular formula is C7H5F3N2. The molecule has 2 N–H and O–H groups in total. The topological polar surface area (TPSA) is 38.4 Å². The molecule has 0 aliphatic heterocycles. The smallest absolute Gasteiger partial charge is 0.161 e. The van der Waals surface area contributed by atoms with Crippen molar-refractivity contribution in [2.24, 2.45) is 10.9 Å². The van der Waals surface area contributed by atoms with E-state index in [0.29, 0.717) is 12.1 Å². The van der Waals surface area contributed by atoms with Gasteiger partial charge in [0, 0.05) is 11.6 Å². The minimum Gasteiger partial charge on any atom is -0.323 e. The van der Waals surface area contributed by atoms with Crippen LogP contribution in [0.5, 0.6) is 0 Å². The van der Waals surface area contributed by atoms with E-state index in [2.05, 4.69) is 5.10 Å². The fraction of sp³-hybridized carbons (Fsp3) is 0. The number of hydrogen-bond acceptors (Lipinski definition) is 2. The summed E-state index contributed by atoms with van der Waals surface area (Å²) in [6, 6.07) is 1.12. The lowest BCUT2D eigenvalue weighted by Gasteiger charge is -1.96. The van der Waals surface area contributed by atoms with Gasteiger partial charge in [0.05, 0.1) is 6.21 Å². The first-order valence-corrected chi connectivity index (χ1v) is 3.03. The number of nitrogens with zero attached hydrogens (tertiary/aromatic N) is 1. The molecule has 0 aliphatic carbocycles. The lowest BCUT2D eigenvalue weighted by molar-refractivity contribution is 0.494. The second-order valence-corrected chi connectivity index (χ2v) is 2.07. The summed E-state index contributed by atoms with van der Waals surface area (Å²) in [5.41, 5.74) is -0.184. The molecule has 0 fully saturated rings. The molecule has 0 saturated heterocycles. The monoisotopic (exact) mass is 174 g/mol. The predicted octanol–water partition coefficient (Wildman–Crippen LogP) is 1.40. The average molecular weight is 174 g/mol. The van der Waals surface area contributed by atoms with Crippen LogP contribution >= 0.6 is 0 Å². The standard InChI is InChI=1S/C7H5F3N2/c8-5-2-7(10)6(9)1-4(5)3-12-11/h1-3H,11H2/b12-3+. The first-order valence-electron chi connectivity index (χ1n) is 3.03. The fourth-order valence-corrected chi connectivity index (χ4v) is 0.717. The summed E-state index contributed by atoms with van der Waals surface area (Å²) in [5, 5.41) is 2.98. The molecule has 0 amide bonds. The minimum atomic E-state index is -1.23. The van der Waals surface area contributed by atoms with Crippen LogP contribution in [-0.2, 0) is 0 Å². The van der Waals surface area contributed by atoms with Gasteiger partial charge >= 0.3 is 0 Å². The van der Waals surface area contributed by atoms with E-state index in [1.54, 1.807) is 0 Å². The van der Waals surface area contributed by atoms with E-state index in [-0.39, 0.29) is 5.56 Å². The molecule has 64 valence electrons. The van der Waals surface area contributed by atoms with Crippen molar-refractivity contribution in [3.63, 3.8) is 0 Å². The van der Waals surface area contributed by atoms with E-state index in [1.165, 1.54) is 0 Å². The van der Waals surface area contributed by atoms with Gasteiger partial charge in [-0.2, -0.15) is 5.10 Å². The quantitative estimate of drug-likeness (QED) is 0.297. The Kier molecular flexibility index (Phi) is 2.32. The van der Waals surface area contributed by atoms with Crippen LogP contribution in [-0.4, -0.2) is 6.21 Å². The maximum absolute atomic E-state index is 12.7. The lowest BCUT2D eigenvalue weighted by Crippen LogP contribution is -1.95. The maximum atomic E-state index is 12.7. The van der Waals surface area contributed by atoms with Crippen molar-refractivity contribution in [3.8, 4) is 0 Å². The van der Waals surface area contributed by atoms with E-state index in [0.717, 1.165) is 6.21 Å². The number of rotatable bonds is 1. The molecule has 1 aromatic rings. The highest BCUT2D eigenvalue weighted by Gasteiger charge is 2.07. The van der Waals surface area contributed by atoms with Crippen LogP contribution in [0.15, 0.2) is 17.2 Å². The van der Waals surface area contributed by atoms with Crippen LogP contribution in [0.2, 0.25) is 0 Å². The van der Waals surface area contributed by atoms with Gasteiger partial charge in [-0.15, -0.1) is 0 Å². The minimum absolute atomic E-state index is 0.184. The molecule has 0 bridgehead atoms. The molecule has 1 rings (SSSR count). The van der Waals surface area contributed by atoms with Gasteiger partial charge in [0.15, 0.2) is 11.6 Å². The van der Waals surface area contributed by atoms with Gasteiger partial charge in [-0.05, 0) is 6.07 Å². The third-order valence-electron chi connectivity index (χ3n) is 1.25. The predicted molar refractivity (Wildman–Crippen MR) is 38.1 cm³/mol. The van der Waals surface area contributed by atoms with Crippen LogP contribution < -0.4 is 5.84 Å². The number of benzene rings is 1. The van der Waals surface area contributed by atoms with Crippen LogP contribution in [0.1, 0.15) is 5.56 Å². The van der Waals surface area contributed by atoms with Crippen molar-refractivity contribution < 1.29 is 13.2 Å². The summed E-state index contributed by atoms with van der Waals surface area (Å²) in [4.78, 5) is 0. The Labute approximate surface area is 66.5 Å². The molecule has 0 aromatic heterocycles. The zero-order valence-corrected chi connectivity index (χ0v) is 5.89. The largest absolute Gasteiger partial charge is 0.323 e. The summed E-state index contributed by atoms with van der Waals surface area (Å²) >= 11 is 0. The van der Waals surface area contributed by atoms with E-state index in [9.17, 15) is 13.2 Å². The maximum Gasteiger partial charge on any atom is 0.161 e. The zero-order valence-electron chi connectivity index (χ0n) is 5.89. The van der Waals surface area contributed by atoms with Crippen LogP contribution in [0.3, 0.4) is 0 Å². The molecule has 0 radical (unpaired) electrons. The molecule has 5 heteroatoms. The van der Waals surface area contributed by atoms with E-state index < -0.39 is 17.5 Å². The van der Waals surface area contributed by atoms with Crippen LogP contribution in [0, 0.1) is 17.5 Å². The van der Waals surface area contributed by atoms with E-state index >= 15 is 0 Å². The van der Waals surface area contributed by atoms with E-state index in [4.69, 9.17) is 5.84 Å². The molecule has 0 aliphatic rings. The zero-order chi connectivity index (χ0) is 9.14. The summed E-state index contributed by atoms with van der Waals surface area (Å²) < 4.78 is 37.4. The van der Waals surface area contributed by atoms with Gasteiger partial charge in [0.25, 0.3) is 0 Å². The highest BCUT2D eigenvalue weighted by Crippen LogP contribution is 2.11. The van der Waals surface area contributed by atoms with Crippen LogP contribution in [0.4, 0.5) is 13.2 Å².